The number of hydrogen-bond acceptors (Lipinski definition) is 1. The van der Waals surface area contributed by atoms with Crippen molar-refractivity contribution in [2.75, 3.05) is 0 Å². The van der Waals surface area contributed by atoms with E-state index in [1.807, 2.05) is 36.4 Å². The molecule has 1 nitrogen and oxygen atoms in total. The Balaban J connectivity index is 2.15. The van der Waals surface area contributed by atoms with Crippen LogP contribution < -0.4 is 0 Å². The van der Waals surface area contributed by atoms with Gasteiger partial charge in [-0.2, -0.15) is 0 Å². The molecule has 0 bridgehead atoms. The molecule has 1 unspecified atom stereocenters. The fraction of sp³-hybridized carbons (Fsp3) is 0.111. The van der Waals surface area contributed by atoms with Gasteiger partial charge < -0.3 is 5.11 Å². The highest BCUT2D eigenvalue weighted by molar-refractivity contribution is 9.10. The second-order valence-electron chi connectivity index (χ2n) is 5.09. The number of rotatable bonds is 2. The molecule has 0 saturated carbocycles. The summed E-state index contributed by atoms with van der Waals surface area (Å²) in [5, 5.41) is 12.7. The van der Waals surface area contributed by atoms with Crippen LogP contribution in [-0.4, -0.2) is 5.11 Å². The van der Waals surface area contributed by atoms with Gasteiger partial charge in [-0.05, 0) is 46.5 Å². The van der Waals surface area contributed by atoms with Gasteiger partial charge in [0.15, 0.2) is 0 Å². The minimum absolute atomic E-state index is 0.258. The topological polar surface area (TPSA) is 20.2 Å². The predicted octanol–water partition coefficient (Wildman–Crippen LogP) is 5.13. The van der Waals surface area contributed by atoms with Crippen LogP contribution in [0.4, 0.5) is 4.39 Å². The lowest BCUT2D eigenvalue weighted by molar-refractivity contribution is 0.221. The SMILES string of the molecule is Cc1cc(C(O)c2ccc(Br)c3ccccc23)ccc1F. The summed E-state index contributed by atoms with van der Waals surface area (Å²) in [5.74, 6) is -0.258. The molecule has 0 aliphatic rings. The standard InChI is InChI=1S/C18H14BrFO/c1-11-10-12(6-9-17(11)20)18(21)15-7-8-16(19)14-5-3-2-4-13(14)15/h2-10,18,21H,1H3. The molecule has 3 aromatic rings. The highest BCUT2D eigenvalue weighted by Crippen LogP contribution is 2.33. The summed E-state index contributed by atoms with van der Waals surface area (Å²) in [6.45, 7) is 1.70. The number of aliphatic hydroxyl groups excluding tert-OH is 1. The Morgan fingerprint density at radius 2 is 1.71 bits per heavy atom. The lowest BCUT2D eigenvalue weighted by Crippen LogP contribution is -2.02. The number of hydrogen-bond donors (Lipinski definition) is 1. The Morgan fingerprint density at radius 1 is 1.00 bits per heavy atom. The molecule has 0 amide bonds. The quantitative estimate of drug-likeness (QED) is 0.683. The number of benzene rings is 3. The molecule has 106 valence electrons. The second-order valence-corrected chi connectivity index (χ2v) is 5.95. The van der Waals surface area contributed by atoms with Crippen molar-refractivity contribution in [1.29, 1.82) is 0 Å². The summed E-state index contributed by atoms with van der Waals surface area (Å²) in [6, 6.07) is 16.4. The van der Waals surface area contributed by atoms with Gasteiger partial charge >= 0.3 is 0 Å². The van der Waals surface area contributed by atoms with Gasteiger partial charge in [0, 0.05) is 4.47 Å². The molecular formula is C18H14BrFO. The van der Waals surface area contributed by atoms with Crippen LogP contribution in [0.3, 0.4) is 0 Å². The third-order valence-electron chi connectivity index (χ3n) is 3.70. The number of aliphatic hydroxyl groups is 1. The van der Waals surface area contributed by atoms with Crippen molar-refractivity contribution >= 4 is 26.7 Å². The van der Waals surface area contributed by atoms with Crippen LogP contribution in [-0.2, 0) is 0 Å². The number of fused-ring (bicyclic) bond motifs is 1. The smallest absolute Gasteiger partial charge is 0.126 e. The molecule has 21 heavy (non-hydrogen) atoms. The zero-order chi connectivity index (χ0) is 15.0. The molecule has 0 spiro atoms. The molecule has 1 N–H and O–H groups in total. The van der Waals surface area contributed by atoms with Crippen molar-refractivity contribution in [3.63, 3.8) is 0 Å². The van der Waals surface area contributed by atoms with Gasteiger partial charge in [-0.1, -0.05) is 58.4 Å². The minimum atomic E-state index is -0.776. The van der Waals surface area contributed by atoms with Gasteiger partial charge in [-0.3, -0.25) is 0 Å². The summed E-state index contributed by atoms with van der Waals surface area (Å²) in [6.07, 6.45) is -0.776. The molecule has 0 aliphatic heterocycles. The highest BCUT2D eigenvalue weighted by atomic mass is 79.9. The van der Waals surface area contributed by atoms with Crippen LogP contribution in [0.2, 0.25) is 0 Å². The third kappa shape index (κ3) is 2.59. The third-order valence-corrected chi connectivity index (χ3v) is 4.39. The largest absolute Gasteiger partial charge is 0.384 e. The first kappa shape index (κ1) is 14.2. The molecule has 0 heterocycles. The maximum Gasteiger partial charge on any atom is 0.126 e. The van der Waals surface area contributed by atoms with E-state index in [4.69, 9.17) is 0 Å². The van der Waals surface area contributed by atoms with E-state index in [0.29, 0.717) is 11.1 Å². The van der Waals surface area contributed by atoms with E-state index < -0.39 is 6.10 Å². The first-order valence-electron chi connectivity index (χ1n) is 6.69. The second kappa shape index (κ2) is 5.58. The molecule has 1 atom stereocenters. The van der Waals surface area contributed by atoms with Gasteiger partial charge in [0.1, 0.15) is 11.9 Å². The van der Waals surface area contributed by atoms with E-state index in [0.717, 1.165) is 20.8 Å². The molecule has 3 heteroatoms. The maximum absolute atomic E-state index is 13.4. The van der Waals surface area contributed by atoms with Crippen molar-refractivity contribution in [3.8, 4) is 0 Å². The van der Waals surface area contributed by atoms with Crippen molar-refractivity contribution in [2.45, 2.75) is 13.0 Å². The summed E-state index contributed by atoms with van der Waals surface area (Å²) in [4.78, 5) is 0. The summed E-state index contributed by atoms with van der Waals surface area (Å²) in [7, 11) is 0. The summed E-state index contributed by atoms with van der Waals surface area (Å²) in [5.41, 5.74) is 2.05. The fourth-order valence-electron chi connectivity index (χ4n) is 2.54. The van der Waals surface area contributed by atoms with Crippen LogP contribution in [0.15, 0.2) is 59.1 Å². The van der Waals surface area contributed by atoms with Gasteiger partial charge in [0.25, 0.3) is 0 Å². The van der Waals surface area contributed by atoms with Crippen molar-refractivity contribution in [3.05, 3.63) is 81.6 Å². The van der Waals surface area contributed by atoms with Gasteiger partial charge in [-0.25, -0.2) is 4.39 Å². The molecule has 0 fully saturated rings. The van der Waals surface area contributed by atoms with Gasteiger partial charge in [0.2, 0.25) is 0 Å². The first-order valence-corrected chi connectivity index (χ1v) is 7.48. The first-order chi connectivity index (χ1) is 10.1. The predicted molar refractivity (Wildman–Crippen MR) is 86.8 cm³/mol. The number of aryl methyl sites for hydroxylation is 1. The molecule has 0 aromatic heterocycles. The molecule has 0 aliphatic carbocycles. The zero-order valence-electron chi connectivity index (χ0n) is 11.5. The van der Waals surface area contributed by atoms with Crippen LogP contribution in [0.5, 0.6) is 0 Å². The van der Waals surface area contributed by atoms with E-state index >= 15 is 0 Å². The highest BCUT2D eigenvalue weighted by Gasteiger charge is 2.15. The van der Waals surface area contributed by atoms with E-state index in [9.17, 15) is 9.50 Å². The number of halogens is 2. The normalized spacial score (nSPS) is 12.6. The fourth-order valence-corrected chi connectivity index (χ4v) is 3.02. The van der Waals surface area contributed by atoms with Crippen molar-refractivity contribution < 1.29 is 9.50 Å². The van der Waals surface area contributed by atoms with Crippen molar-refractivity contribution in [1.82, 2.24) is 0 Å². The van der Waals surface area contributed by atoms with Crippen molar-refractivity contribution in [2.24, 2.45) is 0 Å². The molecule has 0 saturated heterocycles. The van der Waals surface area contributed by atoms with Crippen LogP contribution in [0.25, 0.3) is 10.8 Å². The molecular weight excluding hydrogens is 331 g/mol. The van der Waals surface area contributed by atoms with Crippen LogP contribution in [0.1, 0.15) is 22.8 Å². The van der Waals surface area contributed by atoms with E-state index in [2.05, 4.69) is 15.9 Å². The summed E-state index contributed by atoms with van der Waals surface area (Å²) >= 11 is 3.53. The monoisotopic (exact) mass is 344 g/mol. The molecule has 0 radical (unpaired) electrons. The molecule has 3 rings (SSSR count). The van der Waals surface area contributed by atoms with E-state index in [1.54, 1.807) is 19.1 Å². The van der Waals surface area contributed by atoms with Gasteiger partial charge in [-0.15, -0.1) is 0 Å². The Labute approximate surface area is 131 Å². The Kier molecular flexibility index (Phi) is 3.79. The Bertz CT molecular complexity index is 813. The maximum atomic E-state index is 13.4. The van der Waals surface area contributed by atoms with E-state index in [-0.39, 0.29) is 5.82 Å². The zero-order valence-corrected chi connectivity index (χ0v) is 13.1. The Morgan fingerprint density at radius 3 is 2.43 bits per heavy atom. The Hall–Kier alpha value is -1.71. The van der Waals surface area contributed by atoms with Crippen LogP contribution in [0, 0.1) is 12.7 Å². The lowest BCUT2D eigenvalue weighted by Gasteiger charge is -2.16. The average molecular weight is 345 g/mol. The lowest BCUT2D eigenvalue weighted by atomic mass is 9.95. The minimum Gasteiger partial charge on any atom is -0.384 e. The van der Waals surface area contributed by atoms with Crippen LogP contribution >= 0.6 is 15.9 Å². The molecule has 3 aromatic carbocycles. The summed E-state index contributed by atoms with van der Waals surface area (Å²) < 4.78 is 14.4. The average Bonchev–Trinajstić information content (AvgIpc) is 2.50. The van der Waals surface area contributed by atoms with E-state index in [1.165, 1.54) is 6.07 Å². The van der Waals surface area contributed by atoms with Gasteiger partial charge in [0.05, 0.1) is 0 Å².